The Labute approximate surface area is 112 Å². The van der Waals surface area contributed by atoms with E-state index in [2.05, 4.69) is 26.2 Å². The SMILES string of the molecule is Cc1cnc(Nc2cccc(F)c2C#N)c(Br)c1. The van der Waals surface area contributed by atoms with Crippen molar-refractivity contribution in [2.75, 3.05) is 5.32 Å². The van der Waals surface area contributed by atoms with Crippen LogP contribution >= 0.6 is 15.9 Å². The van der Waals surface area contributed by atoms with Crippen LogP contribution in [-0.4, -0.2) is 4.98 Å². The summed E-state index contributed by atoms with van der Waals surface area (Å²) in [6.07, 6.45) is 1.69. The molecule has 1 aromatic carbocycles. The van der Waals surface area contributed by atoms with Gasteiger partial charge in [0.25, 0.3) is 0 Å². The number of benzene rings is 1. The van der Waals surface area contributed by atoms with Crippen LogP contribution in [0.2, 0.25) is 0 Å². The lowest BCUT2D eigenvalue weighted by atomic mass is 10.2. The summed E-state index contributed by atoms with van der Waals surface area (Å²) in [5, 5.41) is 11.9. The van der Waals surface area contributed by atoms with Crippen molar-refractivity contribution in [3.05, 3.63) is 51.9 Å². The van der Waals surface area contributed by atoms with Gasteiger partial charge in [0.2, 0.25) is 0 Å². The van der Waals surface area contributed by atoms with Crippen molar-refractivity contribution in [2.24, 2.45) is 0 Å². The Kier molecular flexibility index (Phi) is 3.58. The summed E-state index contributed by atoms with van der Waals surface area (Å²) in [6, 6.07) is 8.15. The van der Waals surface area contributed by atoms with Crippen LogP contribution in [0.4, 0.5) is 15.9 Å². The number of nitriles is 1. The van der Waals surface area contributed by atoms with E-state index >= 15 is 0 Å². The third-order valence-corrected chi connectivity index (χ3v) is 2.96. The van der Waals surface area contributed by atoms with Crippen LogP contribution in [-0.2, 0) is 0 Å². The monoisotopic (exact) mass is 305 g/mol. The van der Waals surface area contributed by atoms with E-state index in [1.807, 2.05) is 19.1 Å². The van der Waals surface area contributed by atoms with E-state index in [1.54, 1.807) is 18.3 Å². The molecule has 0 spiro atoms. The minimum absolute atomic E-state index is 0.0215. The van der Waals surface area contributed by atoms with Gasteiger partial charge in [0, 0.05) is 6.20 Å². The molecule has 1 aromatic heterocycles. The van der Waals surface area contributed by atoms with E-state index in [-0.39, 0.29) is 5.56 Å². The summed E-state index contributed by atoms with van der Waals surface area (Å²) in [7, 11) is 0. The maximum atomic E-state index is 13.4. The second-order valence-corrected chi connectivity index (χ2v) is 4.60. The van der Waals surface area contributed by atoms with Crippen LogP contribution in [0, 0.1) is 24.1 Å². The van der Waals surface area contributed by atoms with E-state index < -0.39 is 5.82 Å². The third kappa shape index (κ3) is 2.49. The molecule has 0 aliphatic rings. The number of aryl methyl sites for hydroxylation is 1. The molecule has 1 heterocycles. The van der Waals surface area contributed by atoms with E-state index in [9.17, 15) is 4.39 Å². The van der Waals surface area contributed by atoms with Gasteiger partial charge in [-0.15, -0.1) is 0 Å². The Hall–Kier alpha value is -1.93. The molecule has 0 saturated carbocycles. The summed E-state index contributed by atoms with van der Waals surface area (Å²) in [6.45, 7) is 1.92. The molecule has 0 atom stereocenters. The van der Waals surface area contributed by atoms with Crippen molar-refractivity contribution >= 4 is 27.4 Å². The number of hydrogen-bond donors (Lipinski definition) is 1. The number of aromatic nitrogens is 1. The number of nitrogens with one attached hydrogen (secondary N) is 1. The van der Waals surface area contributed by atoms with Gasteiger partial charge < -0.3 is 5.32 Å². The summed E-state index contributed by atoms with van der Waals surface area (Å²) in [5.74, 6) is -0.00608. The first-order chi connectivity index (χ1) is 8.61. The first-order valence-corrected chi connectivity index (χ1v) is 5.99. The molecule has 90 valence electrons. The zero-order valence-corrected chi connectivity index (χ0v) is 11.1. The molecule has 2 rings (SSSR count). The molecule has 1 N–H and O–H groups in total. The molecule has 0 bridgehead atoms. The lowest BCUT2D eigenvalue weighted by molar-refractivity contribution is 0.624. The summed E-state index contributed by atoms with van der Waals surface area (Å²) < 4.78 is 14.2. The van der Waals surface area contributed by atoms with Crippen LogP contribution in [0.15, 0.2) is 34.9 Å². The van der Waals surface area contributed by atoms with Crippen LogP contribution in [0.5, 0.6) is 0 Å². The van der Waals surface area contributed by atoms with Gasteiger partial charge in [-0.2, -0.15) is 5.26 Å². The van der Waals surface area contributed by atoms with E-state index in [0.717, 1.165) is 10.0 Å². The second-order valence-electron chi connectivity index (χ2n) is 3.74. The van der Waals surface area contributed by atoms with Crippen LogP contribution in [0.25, 0.3) is 0 Å². The minimum atomic E-state index is -0.550. The summed E-state index contributed by atoms with van der Waals surface area (Å²) >= 11 is 3.37. The molecule has 0 aliphatic heterocycles. The van der Waals surface area contributed by atoms with Crippen LogP contribution in [0.1, 0.15) is 11.1 Å². The van der Waals surface area contributed by atoms with Gasteiger partial charge in [-0.3, -0.25) is 0 Å². The predicted octanol–water partition coefficient (Wildman–Crippen LogP) is 3.91. The molecular weight excluding hydrogens is 297 g/mol. The highest BCUT2D eigenvalue weighted by atomic mass is 79.9. The summed E-state index contributed by atoms with van der Waals surface area (Å²) in [4.78, 5) is 4.19. The standard InChI is InChI=1S/C13H9BrFN3/c1-8-5-10(14)13(17-7-8)18-12-4-2-3-11(15)9(12)6-16/h2-5,7H,1H3,(H,17,18). The molecule has 0 radical (unpaired) electrons. The van der Waals surface area contributed by atoms with Gasteiger partial charge in [0.15, 0.2) is 0 Å². The lowest BCUT2D eigenvalue weighted by Crippen LogP contribution is -1.99. The fourth-order valence-corrected chi connectivity index (χ4v) is 2.06. The van der Waals surface area contributed by atoms with Gasteiger partial charge in [-0.05, 0) is 46.6 Å². The van der Waals surface area contributed by atoms with Crippen molar-refractivity contribution < 1.29 is 4.39 Å². The molecule has 0 amide bonds. The minimum Gasteiger partial charge on any atom is -0.338 e. The van der Waals surface area contributed by atoms with Gasteiger partial charge in [-0.25, -0.2) is 9.37 Å². The average molecular weight is 306 g/mol. The van der Waals surface area contributed by atoms with Crippen molar-refractivity contribution in [1.29, 1.82) is 5.26 Å². The first-order valence-electron chi connectivity index (χ1n) is 5.19. The van der Waals surface area contributed by atoms with Crippen LogP contribution < -0.4 is 5.32 Å². The molecule has 2 aromatic rings. The zero-order valence-electron chi connectivity index (χ0n) is 9.54. The smallest absolute Gasteiger partial charge is 0.144 e. The molecule has 0 saturated heterocycles. The lowest BCUT2D eigenvalue weighted by Gasteiger charge is -2.09. The maximum absolute atomic E-state index is 13.4. The van der Waals surface area contributed by atoms with Crippen LogP contribution in [0.3, 0.4) is 0 Å². The molecule has 5 heteroatoms. The van der Waals surface area contributed by atoms with Crippen molar-refractivity contribution in [3.63, 3.8) is 0 Å². The molecule has 0 aliphatic carbocycles. The van der Waals surface area contributed by atoms with Gasteiger partial charge in [0.05, 0.1) is 10.2 Å². The zero-order chi connectivity index (χ0) is 13.1. The highest BCUT2D eigenvalue weighted by molar-refractivity contribution is 9.10. The highest BCUT2D eigenvalue weighted by Crippen LogP contribution is 2.26. The Morgan fingerprint density at radius 3 is 2.89 bits per heavy atom. The second kappa shape index (κ2) is 5.15. The van der Waals surface area contributed by atoms with Crippen molar-refractivity contribution in [1.82, 2.24) is 4.98 Å². The average Bonchev–Trinajstić information content (AvgIpc) is 2.33. The molecular formula is C13H9BrFN3. The number of rotatable bonds is 2. The Morgan fingerprint density at radius 2 is 2.22 bits per heavy atom. The fourth-order valence-electron chi connectivity index (χ4n) is 1.50. The van der Waals surface area contributed by atoms with E-state index in [1.165, 1.54) is 6.07 Å². The third-order valence-electron chi connectivity index (χ3n) is 2.36. The molecule has 18 heavy (non-hydrogen) atoms. The van der Waals surface area contributed by atoms with E-state index in [4.69, 9.17) is 5.26 Å². The van der Waals surface area contributed by atoms with Gasteiger partial charge in [-0.1, -0.05) is 6.07 Å². The molecule has 0 unspecified atom stereocenters. The van der Waals surface area contributed by atoms with Crippen molar-refractivity contribution in [3.8, 4) is 6.07 Å². The first kappa shape index (κ1) is 12.5. The fraction of sp³-hybridized carbons (Fsp3) is 0.0769. The Bertz CT molecular complexity index is 635. The largest absolute Gasteiger partial charge is 0.338 e. The van der Waals surface area contributed by atoms with Gasteiger partial charge in [0.1, 0.15) is 23.3 Å². The number of pyridine rings is 1. The number of halogens is 2. The number of anilines is 2. The highest BCUT2D eigenvalue weighted by Gasteiger charge is 2.09. The molecule has 0 fully saturated rings. The quantitative estimate of drug-likeness (QED) is 0.915. The van der Waals surface area contributed by atoms with E-state index in [0.29, 0.717) is 11.5 Å². The normalized spacial score (nSPS) is 9.89. The predicted molar refractivity (Wildman–Crippen MR) is 71.1 cm³/mol. The Morgan fingerprint density at radius 1 is 1.44 bits per heavy atom. The number of hydrogen-bond acceptors (Lipinski definition) is 3. The molecule has 3 nitrogen and oxygen atoms in total. The maximum Gasteiger partial charge on any atom is 0.144 e. The Balaban J connectivity index is 2.41. The summed E-state index contributed by atoms with van der Waals surface area (Å²) in [5.41, 5.74) is 1.38. The van der Waals surface area contributed by atoms with Crippen molar-refractivity contribution in [2.45, 2.75) is 6.92 Å². The number of nitrogens with zero attached hydrogens (tertiary/aromatic N) is 2. The van der Waals surface area contributed by atoms with Gasteiger partial charge >= 0.3 is 0 Å². The topological polar surface area (TPSA) is 48.7 Å².